The van der Waals surface area contributed by atoms with Crippen molar-refractivity contribution in [1.29, 1.82) is 0 Å². The van der Waals surface area contributed by atoms with Gasteiger partial charge in [0.15, 0.2) is 0 Å². The summed E-state index contributed by atoms with van der Waals surface area (Å²) in [5.74, 6) is -2.25. The number of fused-ring (bicyclic) bond motifs is 1. The Kier molecular flexibility index (Phi) is 2.90. The SMILES string of the molecule is O=C(c1cc2c(Cl)cccc2oc1=O)C(F)(F)F. The van der Waals surface area contributed by atoms with Crippen molar-refractivity contribution in [3.05, 3.63) is 45.3 Å². The summed E-state index contributed by atoms with van der Waals surface area (Å²) in [4.78, 5) is 22.3. The van der Waals surface area contributed by atoms with Gasteiger partial charge in [-0.25, -0.2) is 4.79 Å². The minimum atomic E-state index is -5.14. The minimum Gasteiger partial charge on any atom is -0.422 e. The summed E-state index contributed by atoms with van der Waals surface area (Å²) in [7, 11) is 0. The third-order valence-electron chi connectivity index (χ3n) is 2.23. The van der Waals surface area contributed by atoms with Crippen LogP contribution in [0.3, 0.4) is 0 Å². The minimum absolute atomic E-state index is 0.0197. The van der Waals surface area contributed by atoms with Gasteiger partial charge < -0.3 is 4.42 Å². The van der Waals surface area contributed by atoms with Gasteiger partial charge in [0.2, 0.25) is 0 Å². The molecule has 0 bridgehead atoms. The van der Waals surface area contributed by atoms with Crippen LogP contribution in [0.1, 0.15) is 10.4 Å². The van der Waals surface area contributed by atoms with Gasteiger partial charge in [-0.3, -0.25) is 4.79 Å². The number of hydrogen-bond donors (Lipinski definition) is 0. The fourth-order valence-electron chi connectivity index (χ4n) is 1.42. The second kappa shape index (κ2) is 4.13. The lowest BCUT2D eigenvalue weighted by Gasteiger charge is -2.05. The zero-order valence-electron chi connectivity index (χ0n) is 8.55. The van der Waals surface area contributed by atoms with Crippen LogP contribution in [0.2, 0.25) is 5.02 Å². The Labute approximate surface area is 103 Å². The molecule has 0 saturated carbocycles. The molecule has 0 fully saturated rings. The molecular weight excluding hydrogens is 273 g/mol. The highest BCUT2D eigenvalue weighted by molar-refractivity contribution is 6.35. The van der Waals surface area contributed by atoms with Crippen LogP contribution in [0.4, 0.5) is 13.2 Å². The summed E-state index contributed by atoms with van der Waals surface area (Å²) in [6.07, 6.45) is -5.14. The van der Waals surface area contributed by atoms with Crippen molar-refractivity contribution in [2.75, 3.05) is 0 Å². The van der Waals surface area contributed by atoms with Crippen LogP contribution >= 0.6 is 11.6 Å². The van der Waals surface area contributed by atoms with Gasteiger partial charge in [0.1, 0.15) is 11.1 Å². The number of alkyl halides is 3. The van der Waals surface area contributed by atoms with Gasteiger partial charge >= 0.3 is 11.8 Å². The van der Waals surface area contributed by atoms with Gasteiger partial charge in [-0.05, 0) is 18.2 Å². The Bertz CT molecular complexity index is 688. The number of rotatable bonds is 1. The molecule has 0 atom stereocenters. The van der Waals surface area contributed by atoms with Crippen LogP contribution in [0.25, 0.3) is 11.0 Å². The number of halogens is 4. The number of ketones is 1. The van der Waals surface area contributed by atoms with E-state index in [2.05, 4.69) is 4.42 Å². The van der Waals surface area contributed by atoms with Crippen molar-refractivity contribution >= 4 is 28.4 Å². The molecule has 0 aliphatic heterocycles. The number of carbonyl (C=O) groups is 1. The summed E-state index contributed by atoms with van der Waals surface area (Å²) in [5.41, 5.74) is -2.40. The molecule has 1 aromatic heterocycles. The van der Waals surface area contributed by atoms with E-state index >= 15 is 0 Å². The van der Waals surface area contributed by atoms with Crippen molar-refractivity contribution in [3.8, 4) is 0 Å². The van der Waals surface area contributed by atoms with Crippen LogP contribution in [0, 0.1) is 0 Å². The topological polar surface area (TPSA) is 47.3 Å². The number of hydrogen-bond acceptors (Lipinski definition) is 3. The molecule has 0 N–H and O–H groups in total. The average molecular weight is 277 g/mol. The van der Waals surface area contributed by atoms with Gasteiger partial charge in [0, 0.05) is 5.39 Å². The maximum Gasteiger partial charge on any atom is 0.455 e. The van der Waals surface area contributed by atoms with Crippen LogP contribution in [0.5, 0.6) is 0 Å². The lowest BCUT2D eigenvalue weighted by Crippen LogP contribution is -2.27. The monoisotopic (exact) mass is 276 g/mol. The van der Waals surface area contributed by atoms with Gasteiger partial charge in [-0.2, -0.15) is 13.2 Å². The van der Waals surface area contributed by atoms with E-state index in [4.69, 9.17) is 11.6 Å². The third-order valence-corrected chi connectivity index (χ3v) is 2.56. The summed E-state index contributed by atoms with van der Waals surface area (Å²) < 4.78 is 41.4. The second-order valence-electron chi connectivity index (χ2n) is 3.43. The molecule has 2 rings (SSSR count). The van der Waals surface area contributed by atoms with Crippen LogP contribution in [-0.4, -0.2) is 12.0 Å². The highest BCUT2D eigenvalue weighted by atomic mass is 35.5. The molecule has 3 nitrogen and oxygen atoms in total. The van der Waals surface area contributed by atoms with Crippen molar-refractivity contribution in [2.24, 2.45) is 0 Å². The Hall–Kier alpha value is -1.82. The quantitative estimate of drug-likeness (QED) is 0.593. The van der Waals surface area contributed by atoms with E-state index in [1.165, 1.54) is 18.2 Å². The fraction of sp³-hybridized carbons (Fsp3) is 0.0909. The molecular formula is C11H4ClF3O3. The van der Waals surface area contributed by atoms with Crippen molar-refractivity contribution in [2.45, 2.75) is 6.18 Å². The maximum atomic E-state index is 12.3. The Morgan fingerprint density at radius 1 is 1.28 bits per heavy atom. The number of Topliss-reactive ketones (excluding diaryl/α,β-unsaturated/α-hetero) is 1. The van der Waals surface area contributed by atoms with Crippen LogP contribution in [-0.2, 0) is 0 Å². The Morgan fingerprint density at radius 3 is 2.56 bits per heavy atom. The average Bonchev–Trinajstić information content (AvgIpc) is 2.26. The first-order valence-electron chi connectivity index (χ1n) is 4.64. The van der Waals surface area contributed by atoms with E-state index in [0.717, 1.165) is 6.07 Å². The van der Waals surface area contributed by atoms with Gasteiger partial charge in [0.05, 0.1) is 5.02 Å². The third kappa shape index (κ3) is 2.11. The molecule has 18 heavy (non-hydrogen) atoms. The van der Waals surface area contributed by atoms with E-state index in [1.807, 2.05) is 0 Å². The molecule has 7 heteroatoms. The van der Waals surface area contributed by atoms with Crippen molar-refractivity contribution in [3.63, 3.8) is 0 Å². The molecule has 0 aliphatic rings. The normalized spacial score (nSPS) is 11.8. The predicted octanol–water partition coefficient (Wildman–Crippen LogP) is 3.19. The summed E-state index contributed by atoms with van der Waals surface area (Å²) in [6.45, 7) is 0. The molecule has 0 amide bonds. The first-order chi connectivity index (χ1) is 8.30. The highest BCUT2D eigenvalue weighted by Gasteiger charge is 2.41. The zero-order valence-corrected chi connectivity index (χ0v) is 9.30. The molecule has 0 radical (unpaired) electrons. The smallest absolute Gasteiger partial charge is 0.422 e. The molecule has 2 aromatic rings. The van der Waals surface area contributed by atoms with Crippen molar-refractivity contribution in [1.82, 2.24) is 0 Å². The second-order valence-corrected chi connectivity index (χ2v) is 3.83. The lowest BCUT2D eigenvalue weighted by molar-refractivity contribution is -0.0887. The lowest BCUT2D eigenvalue weighted by atomic mass is 10.1. The summed E-state index contributed by atoms with van der Waals surface area (Å²) >= 11 is 5.75. The molecule has 94 valence electrons. The molecule has 0 aliphatic carbocycles. The standard InChI is InChI=1S/C11H4ClF3O3/c12-7-2-1-3-8-5(7)4-6(10(17)18-8)9(16)11(13,14)15/h1-4H. The van der Waals surface area contributed by atoms with Gasteiger partial charge in [0.25, 0.3) is 5.78 Å². The predicted molar refractivity (Wildman–Crippen MR) is 57.9 cm³/mol. The van der Waals surface area contributed by atoms with Gasteiger partial charge in [-0.15, -0.1) is 0 Å². The fourth-order valence-corrected chi connectivity index (χ4v) is 1.64. The van der Waals surface area contributed by atoms with Crippen molar-refractivity contribution < 1.29 is 22.4 Å². The van der Waals surface area contributed by atoms with E-state index in [-0.39, 0.29) is 16.0 Å². The Balaban J connectivity index is 2.74. The summed E-state index contributed by atoms with van der Waals surface area (Å²) in [5, 5.41) is 0.166. The molecule has 0 unspecified atom stereocenters. The molecule has 0 spiro atoms. The Morgan fingerprint density at radius 2 is 1.94 bits per heavy atom. The van der Waals surface area contributed by atoms with Crippen LogP contribution in [0.15, 0.2) is 33.5 Å². The van der Waals surface area contributed by atoms with E-state index in [0.29, 0.717) is 0 Å². The van der Waals surface area contributed by atoms with Crippen LogP contribution < -0.4 is 5.63 Å². The number of benzene rings is 1. The summed E-state index contributed by atoms with van der Waals surface area (Å²) in [6, 6.07) is 5.04. The van der Waals surface area contributed by atoms with Gasteiger partial charge in [-0.1, -0.05) is 17.7 Å². The molecule has 0 saturated heterocycles. The van der Waals surface area contributed by atoms with E-state index in [9.17, 15) is 22.8 Å². The number of carbonyl (C=O) groups excluding carboxylic acids is 1. The highest BCUT2D eigenvalue weighted by Crippen LogP contribution is 2.25. The first-order valence-corrected chi connectivity index (χ1v) is 5.02. The largest absolute Gasteiger partial charge is 0.455 e. The molecule has 1 heterocycles. The maximum absolute atomic E-state index is 12.3. The first kappa shape index (κ1) is 12.6. The van der Waals surface area contributed by atoms with E-state index in [1.54, 1.807) is 0 Å². The molecule has 1 aromatic carbocycles. The van der Waals surface area contributed by atoms with E-state index < -0.39 is 23.1 Å². The zero-order chi connectivity index (χ0) is 13.5.